The number of fused-ring (bicyclic) bond motifs is 1. The second kappa shape index (κ2) is 9.54. The van der Waals surface area contributed by atoms with Gasteiger partial charge in [-0.2, -0.15) is 0 Å². The number of sulfonamides is 1. The number of hydrogen-bond donors (Lipinski definition) is 3. The summed E-state index contributed by atoms with van der Waals surface area (Å²) in [4.78, 5) is 12.5. The molecule has 0 atom stereocenters. The summed E-state index contributed by atoms with van der Waals surface area (Å²) in [6, 6.07) is 19.0. The Bertz CT molecular complexity index is 1100. The number of carbonyl (C=O) groups excluding carboxylic acids is 1. The number of amides is 1. The minimum atomic E-state index is -3.77. The molecule has 29 heavy (non-hydrogen) atoms. The van der Waals surface area contributed by atoms with Crippen molar-refractivity contribution in [3.8, 4) is 0 Å². The van der Waals surface area contributed by atoms with E-state index in [4.69, 9.17) is 5.73 Å². The standard InChI is InChI=1S/C22H25N3O3S/c23-13-4-1-5-14-24-22(26)19-9-6-10-20(15-19)25-29(27,28)21-12-11-17-7-2-3-8-18(17)16-21/h2-3,6-12,15-16,25H,1,4-5,13-14,23H2,(H,24,26). The molecule has 0 heterocycles. The quantitative estimate of drug-likeness (QED) is 0.469. The lowest BCUT2D eigenvalue weighted by atomic mass is 10.1. The molecule has 0 aliphatic carbocycles. The van der Waals surface area contributed by atoms with Crippen molar-refractivity contribution in [2.24, 2.45) is 5.73 Å². The Balaban J connectivity index is 1.70. The minimum Gasteiger partial charge on any atom is -0.352 e. The lowest BCUT2D eigenvalue weighted by Gasteiger charge is -2.11. The minimum absolute atomic E-state index is 0.172. The van der Waals surface area contributed by atoms with Crippen molar-refractivity contribution in [2.45, 2.75) is 24.2 Å². The number of benzene rings is 3. The van der Waals surface area contributed by atoms with Crippen LogP contribution >= 0.6 is 0 Å². The summed E-state index contributed by atoms with van der Waals surface area (Å²) in [6.45, 7) is 1.21. The van der Waals surface area contributed by atoms with Crippen LogP contribution in [0.15, 0.2) is 71.6 Å². The average molecular weight is 412 g/mol. The Kier molecular flexibility index (Phi) is 6.85. The molecule has 152 valence electrons. The van der Waals surface area contributed by atoms with E-state index in [-0.39, 0.29) is 10.8 Å². The van der Waals surface area contributed by atoms with E-state index in [0.29, 0.717) is 24.3 Å². The van der Waals surface area contributed by atoms with Crippen LogP contribution in [-0.4, -0.2) is 27.4 Å². The third kappa shape index (κ3) is 5.56. The third-order valence-corrected chi connectivity index (χ3v) is 5.95. The fourth-order valence-corrected chi connectivity index (χ4v) is 4.11. The van der Waals surface area contributed by atoms with Crippen LogP contribution in [0.4, 0.5) is 5.69 Å². The molecule has 0 aromatic heterocycles. The highest BCUT2D eigenvalue weighted by molar-refractivity contribution is 7.92. The molecular formula is C22H25N3O3S. The molecule has 0 bridgehead atoms. The van der Waals surface area contributed by atoms with Crippen molar-refractivity contribution in [3.63, 3.8) is 0 Å². The van der Waals surface area contributed by atoms with Crippen molar-refractivity contribution in [3.05, 3.63) is 72.3 Å². The summed E-state index contributed by atoms with van der Waals surface area (Å²) >= 11 is 0. The van der Waals surface area contributed by atoms with Gasteiger partial charge in [0, 0.05) is 17.8 Å². The number of nitrogens with two attached hydrogens (primary N) is 1. The maximum Gasteiger partial charge on any atom is 0.261 e. The molecular weight excluding hydrogens is 386 g/mol. The van der Waals surface area contributed by atoms with Crippen LogP contribution in [0.1, 0.15) is 29.6 Å². The van der Waals surface area contributed by atoms with Crippen LogP contribution in [0.5, 0.6) is 0 Å². The van der Waals surface area contributed by atoms with E-state index in [2.05, 4.69) is 10.0 Å². The van der Waals surface area contributed by atoms with Crippen LogP contribution in [0.3, 0.4) is 0 Å². The second-order valence-electron chi connectivity index (χ2n) is 6.80. The van der Waals surface area contributed by atoms with Crippen molar-refractivity contribution in [1.29, 1.82) is 0 Å². The molecule has 3 aromatic carbocycles. The molecule has 0 fully saturated rings. The van der Waals surface area contributed by atoms with Crippen LogP contribution in [0.25, 0.3) is 10.8 Å². The van der Waals surface area contributed by atoms with Gasteiger partial charge in [0.1, 0.15) is 0 Å². The zero-order chi connectivity index (χ0) is 20.7. The summed E-state index contributed by atoms with van der Waals surface area (Å²) in [7, 11) is -3.77. The summed E-state index contributed by atoms with van der Waals surface area (Å²) in [5.74, 6) is -0.232. The summed E-state index contributed by atoms with van der Waals surface area (Å²) < 4.78 is 28.1. The summed E-state index contributed by atoms with van der Waals surface area (Å²) in [5, 5.41) is 4.66. The highest BCUT2D eigenvalue weighted by Gasteiger charge is 2.15. The number of carbonyl (C=O) groups is 1. The molecule has 4 N–H and O–H groups in total. The summed E-state index contributed by atoms with van der Waals surface area (Å²) in [6.07, 6.45) is 2.75. The number of anilines is 1. The highest BCUT2D eigenvalue weighted by Crippen LogP contribution is 2.22. The zero-order valence-electron chi connectivity index (χ0n) is 16.1. The maximum atomic E-state index is 12.8. The fourth-order valence-electron chi connectivity index (χ4n) is 3.02. The Labute approximate surface area is 171 Å². The lowest BCUT2D eigenvalue weighted by Crippen LogP contribution is -2.24. The molecule has 3 aromatic rings. The van der Waals surface area contributed by atoms with Crippen molar-refractivity contribution >= 4 is 32.4 Å². The Hall–Kier alpha value is -2.90. The van der Waals surface area contributed by atoms with Gasteiger partial charge in [-0.15, -0.1) is 0 Å². The molecule has 6 nitrogen and oxygen atoms in total. The molecule has 0 saturated carbocycles. The molecule has 0 aliphatic heterocycles. The number of nitrogens with one attached hydrogen (secondary N) is 2. The Morgan fingerprint density at radius 1 is 0.862 bits per heavy atom. The van der Waals surface area contributed by atoms with Gasteiger partial charge in [0.25, 0.3) is 15.9 Å². The SMILES string of the molecule is NCCCCCNC(=O)c1cccc(NS(=O)(=O)c2ccc3ccccc3c2)c1. The van der Waals surface area contributed by atoms with Gasteiger partial charge in [-0.25, -0.2) is 8.42 Å². The Morgan fingerprint density at radius 3 is 2.45 bits per heavy atom. The molecule has 7 heteroatoms. The number of rotatable bonds is 9. The molecule has 0 radical (unpaired) electrons. The normalized spacial score (nSPS) is 11.3. The van der Waals surface area contributed by atoms with Gasteiger partial charge in [-0.1, -0.05) is 42.8 Å². The first-order valence-corrected chi connectivity index (χ1v) is 11.1. The highest BCUT2D eigenvalue weighted by atomic mass is 32.2. The van der Waals surface area contributed by atoms with E-state index in [1.807, 2.05) is 24.3 Å². The topological polar surface area (TPSA) is 101 Å². The second-order valence-corrected chi connectivity index (χ2v) is 8.48. The Morgan fingerprint density at radius 2 is 1.66 bits per heavy atom. The molecule has 0 unspecified atom stereocenters. The summed E-state index contributed by atoms with van der Waals surface area (Å²) in [5.41, 5.74) is 6.20. The van der Waals surface area contributed by atoms with E-state index in [0.717, 1.165) is 30.0 Å². The maximum absolute atomic E-state index is 12.8. The largest absolute Gasteiger partial charge is 0.352 e. The van der Waals surface area contributed by atoms with E-state index >= 15 is 0 Å². The average Bonchev–Trinajstić information content (AvgIpc) is 2.73. The molecule has 0 aliphatic rings. The van der Waals surface area contributed by atoms with E-state index in [1.165, 1.54) is 6.07 Å². The van der Waals surface area contributed by atoms with Crippen LogP contribution in [-0.2, 0) is 10.0 Å². The number of unbranched alkanes of at least 4 members (excludes halogenated alkanes) is 2. The fraction of sp³-hybridized carbons (Fsp3) is 0.227. The van der Waals surface area contributed by atoms with Gasteiger partial charge in [-0.3, -0.25) is 9.52 Å². The molecule has 1 amide bonds. The van der Waals surface area contributed by atoms with E-state index < -0.39 is 10.0 Å². The van der Waals surface area contributed by atoms with Crippen molar-refractivity contribution < 1.29 is 13.2 Å². The van der Waals surface area contributed by atoms with Gasteiger partial charge in [0.05, 0.1) is 4.90 Å². The molecule has 0 spiro atoms. The van der Waals surface area contributed by atoms with Gasteiger partial charge in [0.2, 0.25) is 0 Å². The van der Waals surface area contributed by atoms with E-state index in [9.17, 15) is 13.2 Å². The van der Waals surface area contributed by atoms with Gasteiger partial charge in [-0.05, 0) is 60.5 Å². The van der Waals surface area contributed by atoms with Gasteiger partial charge >= 0.3 is 0 Å². The first kappa shape index (κ1) is 20.8. The van der Waals surface area contributed by atoms with Crippen molar-refractivity contribution in [1.82, 2.24) is 5.32 Å². The van der Waals surface area contributed by atoms with Crippen molar-refractivity contribution in [2.75, 3.05) is 17.8 Å². The van der Waals surface area contributed by atoms with E-state index in [1.54, 1.807) is 36.4 Å². The lowest BCUT2D eigenvalue weighted by molar-refractivity contribution is 0.0953. The predicted octanol–water partition coefficient (Wildman–Crippen LogP) is 3.50. The van der Waals surface area contributed by atoms with Gasteiger partial charge in [0.15, 0.2) is 0 Å². The van der Waals surface area contributed by atoms with Crippen LogP contribution in [0.2, 0.25) is 0 Å². The van der Waals surface area contributed by atoms with Crippen LogP contribution in [0, 0.1) is 0 Å². The smallest absolute Gasteiger partial charge is 0.261 e. The molecule has 0 saturated heterocycles. The van der Waals surface area contributed by atoms with Gasteiger partial charge < -0.3 is 11.1 Å². The molecule has 3 rings (SSSR count). The third-order valence-electron chi connectivity index (χ3n) is 4.57. The number of hydrogen-bond acceptors (Lipinski definition) is 4. The zero-order valence-corrected chi connectivity index (χ0v) is 16.9. The first-order valence-electron chi connectivity index (χ1n) is 9.59. The van der Waals surface area contributed by atoms with Crippen LogP contribution < -0.4 is 15.8 Å². The monoisotopic (exact) mass is 411 g/mol. The first-order chi connectivity index (χ1) is 14.0. The predicted molar refractivity (Wildman–Crippen MR) is 116 cm³/mol.